The fraction of sp³-hybridized carbons (Fsp3) is 0.308. The molecule has 16 heavy (non-hydrogen) atoms. The van der Waals surface area contributed by atoms with E-state index in [2.05, 4.69) is 13.5 Å². The molecule has 1 aromatic rings. The van der Waals surface area contributed by atoms with E-state index in [9.17, 15) is 4.79 Å². The summed E-state index contributed by atoms with van der Waals surface area (Å²) in [5, 5.41) is 0. The van der Waals surface area contributed by atoms with Gasteiger partial charge in [-0.05, 0) is 0 Å². The fourth-order valence-corrected chi connectivity index (χ4v) is 2.24. The number of benzene rings is 1. The zero-order valence-corrected chi connectivity index (χ0v) is 11.4. The molecule has 0 aromatic heterocycles. The summed E-state index contributed by atoms with van der Waals surface area (Å²) in [5.41, 5.74) is 1.75. The van der Waals surface area contributed by atoms with Crippen LogP contribution in [-0.2, 0) is 11.2 Å². The Bertz CT molecular complexity index is 386. The van der Waals surface area contributed by atoms with Gasteiger partial charge in [-0.25, -0.2) is 0 Å². The summed E-state index contributed by atoms with van der Waals surface area (Å²) in [7, 11) is 0. The number of hydrogen-bond donors (Lipinski definition) is 0. The third kappa shape index (κ3) is 3.63. The van der Waals surface area contributed by atoms with Gasteiger partial charge in [0.15, 0.2) is 0 Å². The van der Waals surface area contributed by atoms with E-state index < -0.39 is 0 Å². The van der Waals surface area contributed by atoms with Crippen LogP contribution in [0.4, 0.5) is 0 Å². The maximum absolute atomic E-state index is 11.7. The minimum atomic E-state index is -0.315. The predicted octanol–water partition coefficient (Wildman–Crippen LogP) is 2.50. The van der Waals surface area contributed by atoms with E-state index in [0.717, 1.165) is 26.4 Å². The third-order valence-electron chi connectivity index (χ3n) is 2.29. The summed E-state index contributed by atoms with van der Waals surface area (Å²) in [6.07, 6.45) is 4.29. The Morgan fingerprint density at radius 2 is 2.31 bits per heavy atom. The van der Waals surface area contributed by atoms with Crippen LogP contribution < -0.4 is 1.53 Å². The number of carbonyl (C=O) groups excluding carboxylic acids is 1. The van der Waals surface area contributed by atoms with Gasteiger partial charge in [0.1, 0.15) is 0 Å². The molecule has 0 N–H and O–H groups in total. The van der Waals surface area contributed by atoms with Crippen LogP contribution in [0.25, 0.3) is 0 Å². The van der Waals surface area contributed by atoms with E-state index in [0.29, 0.717) is 5.56 Å². The van der Waals surface area contributed by atoms with Gasteiger partial charge >= 0.3 is 122 Å². The molecule has 0 saturated heterocycles. The van der Waals surface area contributed by atoms with Crippen LogP contribution in [0, 0.1) is 36.6 Å². The number of hydrogen-bond acceptors (Lipinski definition) is 2. The zero-order valence-electron chi connectivity index (χ0n) is 9.29. The Morgan fingerprint density at radius 3 is 2.94 bits per heavy atom. The van der Waals surface area contributed by atoms with Crippen LogP contribution in [0.1, 0.15) is 35.7 Å². The van der Waals surface area contributed by atoms with Crippen molar-refractivity contribution in [2.45, 2.75) is 26.2 Å². The first-order chi connectivity index (χ1) is 7.70. The first-order valence-electron chi connectivity index (χ1n) is 5.27. The van der Waals surface area contributed by atoms with Crippen molar-refractivity contribution in [3.8, 4) is 0 Å². The van der Waals surface area contributed by atoms with Crippen molar-refractivity contribution < 1.29 is 46.2 Å². The van der Waals surface area contributed by atoms with E-state index in [1.165, 1.54) is 6.26 Å². The molecule has 0 amide bonds. The van der Waals surface area contributed by atoms with Crippen LogP contribution in [0.3, 0.4) is 0 Å². The molecule has 3 heteroatoms. The molecule has 0 fully saturated rings. The van der Waals surface area contributed by atoms with E-state index in [4.69, 9.17) is 4.74 Å². The van der Waals surface area contributed by atoms with E-state index >= 15 is 0 Å². The molecule has 0 saturated carbocycles. The van der Waals surface area contributed by atoms with Gasteiger partial charge in [-0.2, -0.15) is 0 Å². The molecule has 0 atom stereocenters. The van der Waals surface area contributed by atoms with Crippen molar-refractivity contribution in [1.82, 2.24) is 0 Å². The topological polar surface area (TPSA) is 26.3 Å². The SMILES string of the molecule is C=COC(=O)c1ccc[c]([Tb])c1CCCC. The predicted molar refractivity (Wildman–Crippen MR) is 60.3 cm³/mol. The number of rotatable bonds is 5. The summed E-state index contributed by atoms with van der Waals surface area (Å²) < 4.78 is 5.97. The Hall–Kier alpha value is -0.284. The second kappa shape index (κ2) is 7.12. The van der Waals surface area contributed by atoms with Crippen molar-refractivity contribution in [3.63, 3.8) is 0 Å². The molecule has 0 bridgehead atoms. The van der Waals surface area contributed by atoms with Crippen molar-refractivity contribution >= 4 is 7.50 Å². The molecule has 1 aromatic carbocycles. The summed E-state index contributed by atoms with van der Waals surface area (Å²) in [4.78, 5) is 11.7. The van der Waals surface area contributed by atoms with Crippen LogP contribution >= 0.6 is 0 Å². The Kier molecular flexibility index (Phi) is 6.13. The first-order valence-corrected chi connectivity index (χ1v) is 6.34. The standard InChI is InChI=1S/C13H15O2.Tb/c1-3-5-8-11-9-6-7-10-12(11)13(14)15-4-2;/h4,6-7,10H,2-3,5,8H2,1H3;. The monoisotopic (exact) mass is 362 g/mol. The van der Waals surface area contributed by atoms with Gasteiger partial charge in [-0.1, -0.05) is 0 Å². The molecule has 0 unspecified atom stereocenters. The Labute approximate surface area is 121 Å². The zero-order chi connectivity index (χ0) is 12.0. The normalized spacial score (nSPS) is 9.94. The number of carbonyl (C=O) groups is 1. The van der Waals surface area contributed by atoms with Gasteiger partial charge in [-0.15, -0.1) is 0 Å². The van der Waals surface area contributed by atoms with Gasteiger partial charge in [0, 0.05) is 0 Å². The van der Waals surface area contributed by atoms with Crippen molar-refractivity contribution in [2.75, 3.05) is 0 Å². The summed E-state index contributed by atoms with van der Waals surface area (Å²) in [5.74, 6) is -0.315. The van der Waals surface area contributed by atoms with Gasteiger partial charge < -0.3 is 0 Å². The van der Waals surface area contributed by atoms with Gasteiger partial charge in [0.2, 0.25) is 0 Å². The van der Waals surface area contributed by atoms with Gasteiger partial charge in [-0.3, -0.25) is 0 Å². The molecule has 0 aliphatic carbocycles. The van der Waals surface area contributed by atoms with Crippen LogP contribution in [0.5, 0.6) is 0 Å². The van der Waals surface area contributed by atoms with E-state index in [1.807, 2.05) is 54.8 Å². The van der Waals surface area contributed by atoms with Crippen LogP contribution in [0.2, 0.25) is 0 Å². The molecular weight excluding hydrogens is 347 g/mol. The second-order valence-electron chi connectivity index (χ2n) is 3.42. The molecule has 0 radical (unpaired) electrons. The molecule has 0 aliphatic heterocycles. The number of ether oxygens (including phenoxy) is 1. The minimum absolute atomic E-state index is 0.315. The molecule has 1 rings (SSSR count). The van der Waals surface area contributed by atoms with Gasteiger partial charge in [0.25, 0.3) is 0 Å². The molecule has 0 spiro atoms. The summed E-state index contributed by atoms with van der Waals surface area (Å²) >= 11 is 2.02. The Balaban J connectivity index is 3.01. The fourth-order valence-electron chi connectivity index (χ4n) is 1.48. The van der Waals surface area contributed by atoms with Crippen molar-refractivity contribution in [2.24, 2.45) is 0 Å². The van der Waals surface area contributed by atoms with Crippen LogP contribution in [-0.4, -0.2) is 5.97 Å². The summed E-state index contributed by atoms with van der Waals surface area (Å²) in [6, 6.07) is 5.71. The molecule has 0 heterocycles. The van der Waals surface area contributed by atoms with Crippen molar-refractivity contribution in [3.05, 3.63) is 42.2 Å². The number of unbranched alkanes of at least 4 members (excludes halogenated alkanes) is 1. The Morgan fingerprint density at radius 1 is 1.56 bits per heavy atom. The average molecular weight is 362 g/mol. The molecular formula is C13H15O2Tb. The van der Waals surface area contributed by atoms with E-state index in [1.54, 1.807) is 0 Å². The van der Waals surface area contributed by atoms with E-state index in [-0.39, 0.29) is 5.97 Å². The average Bonchev–Trinajstić information content (AvgIpc) is 2.27. The van der Waals surface area contributed by atoms with Crippen LogP contribution in [0.15, 0.2) is 31.0 Å². The second-order valence-corrected chi connectivity index (χ2v) is 4.57. The molecule has 88 valence electrons. The first kappa shape index (κ1) is 13.8. The summed E-state index contributed by atoms with van der Waals surface area (Å²) in [6.45, 7) is 5.54. The quantitative estimate of drug-likeness (QED) is 0.595. The molecule has 0 aliphatic rings. The third-order valence-corrected chi connectivity index (χ3v) is 3.29. The van der Waals surface area contributed by atoms with Crippen molar-refractivity contribution in [1.29, 1.82) is 0 Å². The maximum atomic E-state index is 11.7. The number of esters is 1. The van der Waals surface area contributed by atoms with Gasteiger partial charge in [0.05, 0.1) is 0 Å². The molecule has 2 nitrogen and oxygen atoms in total.